The maximum Gasteiger partial charge on any atom is 0.295 e. The number of amides is 1. The number of rotatable bonds is 9. The summed E-state index contributed by atoms with van der Waals surface area (Å²) in [5.41, 5.74) is 1.52. The Kier molecular flexibility index (Phi) is 7.34. The van der Waals surface area contributed by atoms with Crippen LogP contribution in [-0.2, 0) is 16.1 Å². The van der Waals surface area contributed by atoms with Crippen molar-refractivity contribution >= 4 is 17.4 Å². The van der Waals surface area contributed by atoms with Crippen molar-refractivity contribution in [3.8, 4) is 17.2 Å². The second-order valence-corrected chi connectivity index (χ2v) is 8.07. The third-order valence-corrected chi connectivity index (χ3v) is 5.71. The van der Waals surface area contributed by atoms with Crippen molar-refractivity contribution in [2.24, 2.45) is 0 Å². The fourth-order valence-electron chi connectivity index (χ4n) is 4.07. The van der Waals surface area contributed by atoms with Crippen LogP contribution in [0, 0.1) is 0 Å². The maximum absolute atomic E-state index is 13.2. The summed E-state index contributed by atoms with van der Waals surface area (Å²) in [6, 6.07) is 13.8. The van der Waals surface area contributed by atoms with E-state index in [2.05, 4.69) is 11.6 Å². The third-order valence-electron chi connectivity index (χ3n) is 5.71. The van der Waals surface area contributed by atoms with Crippen molar-refractivity contribution in [1.82, 2.24) is 9.88 Å². The molecule has 2 aromatic carbocycles. The van der Waals surface area contributed by atoms with Gasteiger partial charge in [0.2, 0.25) is 0 Å². The number of nitrogens with zero attached hydrogens (tertiary/aromatic N) is 2. The number of ketones is 1. The molecule has 0 spiro atoms. The normalized spacial score (nSPS) is 16.7. The van der Waals surface area contributed by atoms with E-state index in [0.29, 0.717) is 30.1 Å². The first kappa shape index (κ1) is 24.5. The molecule has 1 atom stereocenters. The summed E-state index contributed by atoms with van der Waals surface area (Å²) in [7, 11) is 0. The highest BCUT2D eigenvalue weighted by Gasteiger charge is 2.46. The molecule has 0 radical (unpaired) electrons. The molecule has 2 heterocycles. The highest BCUT2D eigenvalue weighted by Crippen LogP contribution is 2.42. The predicted molar refractivity (Wildman–Crippen MR) is 133 cm³/mol. The van der Waals surface area contributed by atoms with E-state index < -0.39 is 17.7 Å². The van der Waals surface area contributed by atoms with Gasteiger partial charge in [-0.15, -0.1) is 0 Å². The summed E-state index contributed by atoms with van der Waals surface area (Å²) in [6.45, 7) is 6.13. The average Bonchev–Trinajstić information content (AvgIpc) is 3.14. The van der Waals surface area contributed by atoms with Gasteiger partial charge in [-0.25, -0.2) is 0 Å². The second kappa shape index (κ2) is 10.8. The molecular formula is C28H26N2O6. The van der Waals surface area contributed by atoms with Gasteiger partial charge in [-0.05, 0) is 60.5 Å². The standard InChI is InChI=1S/C28H26N2O6/c1-3-14-36-21-10-7-19(8-11-21)26(32)24-25(20-9-12-22(31)23(15-20)35-4-2)30(28(34)27(24)33)17-18-6-5-13-29-16-18/h3,5-13,15-16,25,31-32H,1,4,14,17H2,2H3/t25-/m1/s1. The molecule has 1 aromatic heterocycles. The number of phenolic OH excluding ortho intramolecular Hbond substituents is 1. The molecular weight excluding hydrogens is 460 g/mol. The van der Waals surface area contributed by atoms with Gasteiger partial charge in [0.1, 0.15) is 18.1 Å². The average molecular weight is 487 g/mol. The summed E-state index contributed by atoms with van der Waals surface area (Å²) in [6.07, 6.45) is 4.85. The summed E-state index contributed by atoms with van der Waals surface area (Å²) in [5, 5.41) is 21.4. The zero-order valence-corrected chi connectivity index (χ0v) is 19.8. The van der Waals surface area contributed by atoms with Crippen molar-refractivity contribution in [3.05, 3.63) is 102 Å². The lowest BCUT2D eigenvalue weighted by atomic mass is 9.95. The van der Waals surface area contributed by atoms with Gasteiger partial charge in [0.05, 0.1) is 18.2 Å². The lowest BCUT2D eigenvalue weighted by molar-refractivity contribution is -0.140. The molecule has 2 N–H and O–H groups in total. The molecule has 1 fully saturated rings. The number of phenols is 1. The Labute approximate surface area is 208 Å². The first-order valence-electron chi connectivity index (χ1n) is 11.4. The Hall–Kier alpha value is -4.59. The number of aromatic hydroxyl groups is 1. The van der Waals surface area contributed by atoms with Crippen molar-refractivity contribution in [2.75, 3.05) is 13.2 Å². The highest BCUT2D eigenvalue weighted by atomic mass is 16.5. The lowest BCUT2D eigenvalue weighted by Crippen LogP contribution is -2.29. The molecule has 0 unspecified atom stereocenters. The molecule has 0 bridgehead atoms. The maximum atomic E-state index is 13.2. The summed E-state index contributed by atoms with van der Waals surface area (Å²) in [5.74, 6) is -1.15. The van der Waals surface area contributed by atoms with Crippen LogP contribution in [-0.4, -0.2) is 45.0 Å². The number of likely N-dealkylation sites (tertiary alicyclic amines) is 1. The molecule has 1 amide bonds. The molecule has 0 aliphatic carbocycles. The molecule has 8 nitrogen and oxygen atoms in total. The predicted octanol–water partition coefficient (Wildman–Crippen LogP) is 4.37. The zero-order valence-electron chi connectivity index (χ0n) is 19.8. The molecule has 8 heteroatoms. The fraction of sp³-hybridized carbons (Fsp3) is 0.179. The minimum atomic E-state index is -0.915. The van der Waals surface area contributed by atoms with Crippen molar-refractivity contribution < 1.29 is 29.3 Å². The van der Waals surface area contributed by atoms with Crippen molar-refractivity contribution in [3.63, 3.8) is 0 Å². The van der Waals surface area contributed by atoms with Crippen LogP contribution < -0.4 is 9.47 Å². The third kappa shape index (κ3) is 4.93. The molecule has 1 aliphatic rings. The largest absolute Gasteiger partial charge is 0.507 e. The first-order chi connectivity index (χ1) is 17.4. The highest BCUT2D eigenvalue weighted by molar-refractivity contribution is 6.46. The number of aromatic nitrogens is 1. The molecule has 1 aliphatic heterocycles. The van der Waals surface area contributed by atoms with Gasteiger partial charge in [-0.2, -0.15) is 0 Å². The Balaban J connectivity index is 1.82. The summed E-state index contributed by atoms with van der Waals surface area (Å²) < 4.78 is 11.0. The Morgan fingerprint density at radius 3 is 2.58 bits per heavy atom. The van der Waals surface area contributed by atoms with Crippen molar-refractivity contribution in [2.45, 2.75) is 19.5 Å². The van der Waals surface area contributed by atoms with Gasteiger partial charge >= 0.3 is 0 Å². The number of ether oxygens (including phenoxy) is 2. The number of hydrogen-bond donors (Lipinski definition) is 2. The second-order valence-electron chi connectivity index (χ2n) is 8.07. The molecule has 4 rings (SSSR count). The number of aliphatic hydroxyl groups excluding tert-OH is 1. The Bertz CT molecular complexity index is 1300. The first-order valence-corrected chi connectivity index (χ1v) is 11.4. The zero-order chi connectivity index (χ0) is 25.7. The van der Waals surface area contributed by atoms with Gasteiger partial charge in [0.25, 0.3) is 11.7 Å². The van der Waals surface area contributed by atoms with E-state index in [1.807, 2.05) is 0 Å². The molecule has 36 heavy (non-hydrogen) atoms. The monoisotopic (exact) mass is 486 g/mol. The quantitative estimate of drug-likeness (QED) is 0.200. The van der Waals surface area contributed by atoms with E-state index in [4.69, 9.17) is 9.47 Å². The van der Waals surface area contributed by atoms with E-state index in [-0.39, 0.29) is 29.4 Å². The van der Waals surface area contributed by atoms with Gasteiger partial charge in [0, 0.05) is 24.5 Å². The van der Waals surface area contributed by atoms with E-state index >= 15 is 0 Å². The van der Waals surface area contributed by atoms with Gasteiger partial charge in [-0.3, -0.25) is 14.6 Å². The van der Waals surface area contributed by atoms with Crippen LogP contribution >= 0.6 is 0 Å². The number of Topliss-reactive ketones (excluding diaryl/α,β-unsaturated/α-hetero) is 1. The Morgan fingerprint density at radius 2 is 1.92 bits per heavy atom. The summed E-state index contributed by atoms with van der Waals surface area (Å²) >= 11 is 0. The molecule has 0 saturated carbocycles. The number of benzene rings is 2. The van der Waals surface area contributed by atoms with Crippen LogP contribution in [0.25, 0.3) is 5.76 Å². The molecule has 1 saturated heterocycles. The molecule has 184 valence electrons. The minimum absolute atomic E-state index is 0.0585. The van der Waals surface area contributed by atoms with Crippen LogP contribution in [0.2, 0.25) is 0 Å². The van der Waals surface area contributed by atoms with E-state index in [9.17, 15) is 19.8 Å². The van der Waals surface area contributed by atoms with Crippen LogP contribution in [0.1, 0.15) is 29.7 Å². The van der Waals surface area contributed by atoms with Gasteiger partial charge in [0.15, 0.2) is 11.5 Å². The molecule has 3 aromatic rings. The van der Waals surface area contributed by atoms with Crippen LogP contribution in [0.3, 0.4) is 0 Å². The number of pyridine rings is 1. The number of carbonyl (C=O) groups is 2. The van der Waals surface area contributed by atoms with Crippen LogP contribution in [0.4, 0.5) is 0 Å². The van der Waals surface area contributed by atoms with E-state index in [0.717, 1.165) is 5.56 Å². The van der Waals surface area contributed by atoms with Crippen molar-refractivity contribution in [1.29, 1.82) is 0 Å². The van der Waals surface area contributed by atoms with E-state index in [1.165, 1.54) is 11.0 Å². The fourth-order valence-corrected chi connectivity index (χ4v) is 4.07. The minimum Gasteiger partial charge on any atom is -0.507 e. The van der Waals surface area contributed by atoms with Crippen LogP contribution in [0.5, 0.6) is 17.2 Å². The number of carbonyl (C=O) groups excluding carboxylic acids is 2. The number of hydrogen-bond acceptors (Lipinski definition) is 7. The van der Waals surface area contributed by atoms with E-state index in [1.54, 1.807) is 73.9 Å². The Morgan fingerprint density at radius 1 is 1.14 bits per heavy atom. The van der Waals surface area contributed by atoms with Gasteiger partial charge < -0.3 is 24.6 Å². The number of aliphatic hydroxyl groups is 1. The summed E-state index contributed by atoms with van der Waals surface area (Å²) in [4.78, 5) is 31.9. The topological polar surface area (TPSA) is 109 Å². The SMILES string of the molecule is C=CCOc1ccc(C(O)=C2C(=O)C(=O)N(Cc3cccnc3)[C@@H]2c2ccc(O)c(OCC)c2)cc1. The van der Waals surface area contributed by atoms with Gasteiger partial charge in [-0.1, -0.05) is 24.8 Å². The lowest BCUT2D eigenvalue weighted by Gasteiger charge is -2.26. The smallest absolute Gasteiger partial charge is 0.295 e. The van der Waals surface area contributed by atoms with Crippen LogP contribution in [0.15, 0.2) is 85.2 Å².